The van der Waals surface area contributed by atoms with Crippen LogP contribution in [0.3, 0.4) is 0 Å². The highest BCUT2D eigenvalue weighted by Gasteiger charge is 2.39. The van der Waals surface area contributed by atoms with Crippen LogP contribution in [0.1, 0.15) is 35.4 Å². The van der Waals surface area contributed by atoms with Gasteiger partial charge in [0, 0.05) is 12.5 Å². The fourth-order valence-electron chi connectivity index (χ4n) is 4.51. The molecule has 1 saturated heterocycles. The molecule has 2 N–H and O–H groups in total. The maximum atomic E-state index is 13.5. The van der Waals surface area contributed by atoms with E-state index in [0.717, 1.165) is 21.6 Å². The molecule has 1 fully saturated rings. The summed E-state index contributed by atoms with van der Waals surface area (Å²) in [7, 11) is 0. The van der Waals surface area contributed by atoms with Gasteiger partial charge < -0.3 is 15.2 Å². The van der Waals surface area contributed by atoms with E-state index in [9.17, 15) is 19.5 Å². The first kappa shape index (κ1) is 24.0. The quantitative estimate of drug-likeness (QED) is 0.480. The lowest BCUT2D eigenvalue weighted by atomic mass is 9.84. The molecular weight excluding hydrogens is 444 g/mol. The van der Waals surface area contributed by atoms with Gasteiger partial charge in [0.15, 0.2) is 0 Å². The summed E-state index contributed by atoms with van der Waals surface area (Å²) in [6.45, 7) is 0.352. The molecule has 35 heavy (non-hydrogen) atoms. The third-order valence-electron chi connectivity index (χ3n) is 6.23. The first-order chi connectivity index (χ1) is 17.0. The number of nitrogens with zero attached hydrogens (tertiary/aromatic N) is 1. The maximum Gasteiger partial charge on any atom is 0.407 e. The number of amides is 2. The monoisotopic (exact) mass is 472 g/mol. The van der Waals surface area contributed by atoms with Crippen molar-refractivity contribution in [3.05, 3.63) is 108 Å². The molecule has 1 aliphatic rings. The van der Waals surface area contributed by atoms with Gasteiger partial charge in [0.2, 0.25) is 5.91 Å². The van der Waals surface area contributed by atoms with Crippen molar-refractivity contribution < 1.29 is 24.2 Å². The number of likely N-dealkylation sites (tertiary alicyclic amines) is 1. The molecule has 1 unspecified atom stereocenters. The van der Waals surface area contributed by atoms with E-state index in [1.165, 1.54) is 0 Å². The van der Waals surface area contributed by atoms with E-state index in [0.29, 0.717) is 12.8 Å². The van der Waals surface area contributed by atoms with Crippen LogP contribution < -0.4 is 5.32 Å². The molecule has 7 nitrogen and oxygen atoms in total. The molecule has 3 aromatic rings. The van der Waals surface area contributed by atoms with Crippen LogP contribution >= 0.6 is 0 Å². The second kappa shape index (κ2) is 11.3. The van der Waals surface area contributed by atoms with Crippen molar-refractivity contribution in [2.75, 3.05) is 6.54 Å². The standard InChI is InChI=1S/C28H28N2O5/c31-26(23-17-10-18-30(23)28(33)34)29-25(27(32)35-19-20-11-4-1-5-12-20)24(21-13-6-2-7-14-21)22-15-8-3-9-16-22/h1-9,11-16,23-25H,10,17-19H2,(H,29,31)(H,33,34)/t23-,25?/m0/s1. The summed E-state index contributed by atoms with van der Waals surface area (Å²) < 4.78 is 5.67. The second-order valence-corrected chi connectivity index (χ2v) is 8.51. The van der Waals surface area contributed by atoms with E-state index in [4.69, 9.17) is 4.74 Å². The Hall–Kier alpha value is -4.13. The summed E-state index contributed by atoms with van der Waals surface area (Å²) in [5.41, 5.74) is 2.50. The molecule has 0 bridgehead atoms. The lowest BCUT2D eigenvalue weighted by molar-refractivity contribution is -0.150. The minimum Gasteiger partial charge on any atom is -0.465 e. The van der Waals surface area contributed by atoms with Crippen LogP contribution in [-0.4, -0.2) is 46.6 Å². The van der Waals surface area contributed by atoms with E-state index in [1.54, 1.807) is 0 Å². The number of esters is 1. The van der Waals surface area contributed by atoms with E-state index in [1.807, 2.05) is 91.0 Å². The second-order valence-electron chi connectivity index (χ2n) is 8.51. The first-order valence-electron chi connectivity index (χ1n) is 11.6. The predicted octanol–water partition coefficient (Wildman–Crippen LogP) is 4.19. The highest BCUT2D eigenvalue weighted by Crippen LogP contribution is 2.30. The average molecular weight is 473 g/mol. The fraction of sp³-hybridized carbons (Fsp3) is 0.250. The SMILES string of the molecule is O=C(OCc1ccccc1)C(NC(=O)[C@@H]1CCCN1C(=O)O)C(c1ccccc1)c1ccccc1. The highest BCUT2D eigenvalue weighted by molar-refractivity contribution is 5.90. The highest BCUT2D eigenvalue weighted by atomic mass is 16.5. The van der Waals surface area contributed by atoms with E-state index >= 15 is 0 Å². The lowest BCUT2D eigenvalue weighted by Gasteiger charge is -2.30. The number of hydrogen-bond acceptors (Lipinski definition) is 4. The van der Waals surface area contributed by atoms with Gasteiger partial charge in [-0.25, -0.2) is 9.59 Å². The Morgan fingerprint density at radius 2 is 1.43 bits per heavy atom. The predicted molar refractivity (Wildman–Crippen MR) is 131 cm³/mol. The molecule has 2 amide bonds. The molecule has 0 aromatic heterocycles. The van der Waals surface area contributed by atoms with Crippen molar-refractivity contribution in [3.63, 3.8) is 0 Å². The number of carboxylic acid groups (broad SMARTS) is 1. The van der Waals surface area contributed by atoms with E-state index in [-0.39, 0.29) is 13.2 Å². The minimum atomic E-state index is -1.14. The normalized spacial score (nSPS) is 16.0. The number of ether oxygens (including phenoxy) is 1. The van der Waals surface area contributed by atoms with Crippen molar-refractivity contribution in [1.29, 1.82) is 0 Å². The van der Waals surface area contributed by atoms with Gasteiger partial charge in [0.1, 0.15) is 18.7 Å². The molecule has 0 saturated carbocycles. The molecule has 180 valence electrons. The Morgan fingerprint density at radius 3 is 1.97 bits per heavy atom. The van der Waals surface area contributed by atoms with Gasteiger partial charge >= 0.3 is 12.1 Å². The van der Waals surface area contributed by atoms with Crippen LogP contribution in [0.2, 0.25) is 0 Å². The van der Waals surface area contributed by atoms with Crippen molar-refractivity contribution in [3.8, 4) is 0 Å². The molecular formula is C28H28N2O5. The number of nitrogens with one attached hydrogen (secondary N) is 1. The zero-order valence-corrected chi connectivity index (χ0v) is 19.2. The molecule has 0 spiro atoms. The molecule has 1 aliphatic heterocycles. The minimum absolute atomic E-state index is 0.0625. The summed E-state index contributed by atoms with van der Waals surface area (Å²) >= 11 is 0. The smallest absolute Gasteiger partial charge is 0.407 e. The lowest BCUT2D eigenvalue weighted by Crippen LogP contribution is -2.53. The third-order valence-corrected chi connectivity index (χ3v) is 6.23. The molecule has 1 heterocycles. The van der Waals surface area contributed by atoms with Crippen molar-refractivity contribution >= 4 is 18.0 Å². The van der Waals surface area contributed by atoms with Crippen molar-refractivity contribution in [1.82, 2.24) is 10.2 Å². The molecule has 3 aromatic carbocycles. The molecule has 7 heteroatoms. The zero-order valence-electron chi connectivity index (χ0n) is 19.2. The maximum absolute atomic E-state index is 13.5. The van der Waals surface area contributed by atoms with Gasteiger partial charge in [-0.05, 0) is 29.5 Å². The zero-order chi connectivity index (χ0) is 24.6. The molecule has 4 rings (SSSR count). The van der Waals surface area contributed by atoms with Crippen LogP contribution in [0.5, 0.6) is 0 Å². The van der Waals surface area contributed by atoms with Gasteiger partial charge in [-0.15, -0.1) is 0 Å². The van der Waals surface area contributed by atoms with Gasteiger partial charge in [-0.1, -0.05) is 91.0 Å². The Morgan fingerprint density at radius 1 is 0.886 bits per heavy atom. The van der Waals surface area contributed by atoms with Crippen molar-refractivity contribution in [2.24, 2.45) is 0 Å². The molecule has 2 atom stereocenters. The van der Waals surface area contributed by atoms with Crippen LogP contribution in [0.25, 0.3) is 0 Å². The Kier molecular flexibility index (Phi) is 7.77. The summed E-state index contributed by atoms with van der Waals surface area (Å²) in [4.78, 5) is 39.5. The number of carbonyl (C=O) groups is 3. The van der Waals surface area contributed by atoms with Crippen molar-refractivity contribution in [2.45, 2.75) is 37.5 Å². The Balaban J connectivity index is 1.66. The van der Waals surface area contributed by atoms with Gasteiger partial charge in [-0.3, -0.25) is 9.69 Å². The first-order valence-corrected chi connectivity index (χ1v) is 11.6. The fourth-order valence-corrected chi connectivity index (χ4v) is 4.51. The van der Waals surface area contributed by atoms with Gasteiger partial charge in [0.05, 0.1) is 0 Å². The topological polar surface area (TPSA) is 95.9 Å². The number of carbonyl (C=O) groups excluding carboxylic acids is 2. The van der Waals surface area contributed by atoms with E-state index < -0.39 is 36.0 Å². The Bertz CT molecular complexity index is 1100. The number of benzene rings is 3. The molecule has 0 radical (unpaired) electrons. The van der Waals surface area contributed by atoms with Gasteiger partial charge in [0.25, 0.3) is 0 Å². The van der Waals surface area contributed by atoms with Crippen LogP contribution in [0.4, 0.5) is 4.79 Å². The number of hydrogen-bond donors (Lipinski definition) is 2. The van der Waals surface area contributed by atoms with E-state index in [2.05, 4.69) is 5.32 Å². The summed E-state index contributed by atoms with van der Waals surface area (Å²) in [6.07, 6.45) is -0.145. The summed E-state index contributed by atoms with van der Waals surface area (Å²) in [5.74, 6) is -1.60. The summed E-state index contributed by atoms with van der Waals surface area (Å²) in [6, 6.07) is 26.3. The summed E-state index contributed by atoms with van der Waals surface area (Å²) in [5, 5.41) is 12.4. The average Bonchev–Trinajstić information content (AvgIpc) is 3.40. The largest absolute Gasteiger partial charge is 0.465 e. The Labute approximate surface area is 204 Å². The third kappa shape index (κ3) is 5.87. The molecule has 0 aliphatic carbocycles. The van der Waals surface area contributed by atoms with Crippen LogP contribution in [0.15, 0.2) is 91.0 Å². The number of rotatable bonds is 8. The van der Waals surface area contributed by atoms with Crippen LogP contribution in [-0.2, 0) is 20.9 Å². The van der Waals surface area contributed by atoms with Gasteiger partial charge in [-0.2, -0.15) is 0 Å². The van der Waals surface area contributed by atoms with Crippen LogP contribution in [0, 0.1) is 0 Å².